The van der Waals surface area contributed by atoms with Crippen molar-refractivity contribution in [2.24, 2.45) is 0 Å². The van der Waals surface area contributed by atoms with E-state index in [1.54, 1.807) is 4.90 Å². The van der Waals surface area contributed by atoms with Gasteiger partial charge in [0.15, 0.2) is 5.65 Å². The maximum atomic E-state index is 13.8. The molecule has 0 amide bonds. The van der Waals surface area contributed by atoms with E-state index >= 15 is 0 Å². The Labute approximate surface area is 226 Å². The fraction of sp³-hybridized carbons (Fsp3) is 0.375. The molecule has 3 heterocycles. The Bertz CT molecular complexity index is 1340. The molecule has 0 bridgehead atoms. The summed E-state index contributed by atoms with van der Waals surface area (Å²) in [4.78, 5) is 6.80. The fourth-order valence-corrected chi connectivity index (χ4v) is 4.82. The van der Waals surface area contributed by atoms with Crippen molar-refractivity contribution in [3.63, 3.8) is 0 Å². The summed E-state index contributed by atoms with van der Waals surface area (Å²) in [7, 11) is 0. The second-order valence-electron chi connectivity index (χ2n) is 9.64. The number of allylic oxidation sites excluding steroid dienone is 6. The van der Waals surface area contributed by atoms with Crippen molar-refractivity contribution in [3.8, 4) is 0 Å². The second-order valence-corrected chi connectivity index (χ2v) is 9.64. The van der Waals surface area contributed by atoms with Crippen LogP contribution in [0.3, 0.4) is 0 Å². The molecule has 38 heavy (non-hydrogen) atoms. The lowest BCUT2D eigenvalue weighted by molar-refractivity contribution is 0.0256. The van der Waals surface area contributed by atoms with Gasteiger partial charge in [0.2, 0.25) is 0 Å². The molecule has 3 aromatic rings. The first-order valence-corrected chi connectivity index (χ1v) is 13.4. The standard InChI is InChI=1S/C30H34F2N4.C2H6/c1-7-24(14-13-20(2)25-11-9-8-10-12-25)27-19-33-36-22(4)21(3)28(34-29(27)36)26-15-17-35(18-16-26)23(5)30(6,31)32;1-2/h7-14,19,26H,1,5,15-18H2,2-4,6H3;1-2H3/b20-13+,24-14+;. The average molecular weight is 519 g/mol. The highest BCUT2D eigenvalue weighted by atomic mass is 19.3. The van der Waals surface area contributed by atoms with E-state index in [9.17, 15) is 8.78 Å². The van der Waals surface area contributed by atoms with E-state index < -0.39 is 5.92 Å². The van der Waals surface area contributed by atoms with Crippen LogP contribution in [0.2, 0.25) is 0 Å². The first-order chi connectivity index (χ1) is 18.1. The molecular formula is C32H40F2N4. The highest BCUT2D eigenvalue weighted by Crippen LogP contribution is 2.35. The first kappa shape index (κ1) is 29.0. The third kappa shape index (κ3) is 6.12. The SMILES string of the molecule is C=C/C(=C\C=C(/C)c1ccccc1)c1cnn2c(C)c(C)c(C3CCN(C(=C)C(C)(F)F)CC3)nc12.CC. The Morgan fingerprint density at radius 3 is 2.29 bits per heavy atom. The number of aromatic nitrogens is 3. The third-order valence-corrected chi connectivity index (χ3v) is 7.26. The van der Waals surface area contributed by atoms with Crippen LogP contribution in [0.25, 0.3) is 16.8 Å². The van der Waals surface area contributed by atoms with Crippen molar-refractivity contribution in [3.05, 3.63) is 102 Å². The molecule has 1 aliphatic rings. The Hall–Kier alpha value is -3.54. The van der Waals surface area contributed by atoms with Crippen molar-refractivity contribution in [1.82, 2.24) is 19.5 Å². The Morgan fingerprint density at radius 1 is 1.08 bits per heavy atom. The molecule has 2 aromatic heterocycles. The molecule has 4 rings (SSSR count). The van der Waals surface area contributed by atoms with Crippen LogP contribution < -0.4 is 0 Å². The molecule has 0 spiro atoms. The van der Waals surface area contributed by atoms with E-state index in [2.05, 4.69) is 63.3 Å². The highest BCUT2D eigenvalue weighted by molar-refractivity contribution is 5.83. The van der Waals surface area contributed by atoms with E-state index in [0.717, 1.165) is 59.1 Å². The highest BCUT2D eigenvalue weighted by Gasteiger charge is 2.33. The first-order valence-electron chi connectivity index (χ1n) is 13.4. The smallest absolute Gasteiger partial charge is 0.284 e. The van der Waals surface area contributed by atoms with E-state index in [4.69, 9.17) is 4.98 Å². The van der Waals surface area contributed by atoms with Gasteiger partial charge in [-0.25, -0.2) is 18.3 Å². The van der Waals surface area contributed by atoms with Gasteiger partial charge in [0.05, 0.1) is 17.6 Å². The molecule has 6 heteroatoms. The van der Waals surface area contributed by atoms with Gasteiger partial charge >= 0.3 is 0 Å². The molecule has 0 radical (unpaired) electrons. The molecule has 1 aliphatic heterocycles. The summed E-state index contributed by atoms with van der Waals surface area (Å²) in [6, 6.07) is 10.2. The number of fused-ring (bicyclic) bond motifs is 1. The maximum absolute atomic E-state index is 13.8. The second kappa shape index (κ2) is 12.3. The van der Waals surface area contributed by atoms with E-state index in [1.807, 2.05) is 48.8 Å². The molecule has 1 saturated heterocycles. The summed E-state index contributed by atoms with van der Waals surface area (Å²) in [5.41, 5.74) is 8.02. The van der Waals surface area contributed by atoms with Crippen LogP contribution in [0, 0.1) is 13.8 Å². The zero-order valence-electron chi connectivity index (χ0n) is 23.6. The minimum absolute atomic E-state index is 0.102. The van der Waals surface area contributed by atoms with Crippen molar-refractivity contribution in [2.45, 2.75) is 66.2 Å². The molecule has 1 fully saturated rings. The lowest BCUT2D eigenvalue weighted by atomic mass is 9.90. The summed E-state index contributed by atoms with van der Waals surface area (Å²) >= 11 is 0. The van der Waals surface area contributed by atoms with Gasteiger partial charge in [0.1, 0.15) is 0 Å². The average Bonchev–Trinajstić information content (AvgIpc) is 3.35. The number of rotatable bonds is 7. The van der Waals surface area contributed by atoms with Crippen LogP contribution >= 0.6 is 0 Å². The van der Waals surface area contributed by atoms with Crippen LogP contribution in [0.1, 0.15) is 74.5 Å². The molecule has 0 aliphatic carbocycles. The minimum atomic E-state index is -2.90. The van der Waals surface area contributed by atoms with Crippen molar-refractivity contribution < 1.29 is 8.78 Å². The van der Waals surface area contributed by atoms with Gasteiger partial charge in [0, 0.05) is 37.2 Å². The molecular weight excluding hydrogens is 478 g/mol. The number of aryl methyl sites for hydroxylation is 1. The van der Waals surface area contributed by atoms with Gasteiger partial charge < -0.3 is 4.90 Å². The number of hydrogen-bond acceptors (Lipinski definition) is 3. The van der Waals surface area contributed by atoms with Gasteiger partial charge in [-0.2, -0.15) is 5.10 Å². The fourth-order valence-electron chi connectivity index (χ4n) is 4.82. The molecule has 0 unspecified atom stereocenters. The van der Waals surface area contributed by atoms with Gasteiger partial charge in [-0.05, 0) is 55.9 Å². The van der Waals surface area contributed by atoms with Crippen molar-refractivity contribution in [2.75, 3.05) is 13.1 Å². The Kier molecular flexibility index (Phi) is 9.42. The number of alkyl halides is 2. The predicted molar refractivity (Wildman–Crippen MR) is 155 cm³/mol. The van der Waals surface area contributed by atoms with Crippen molar-refractivity contribution >= 4 is 16.8 Å². The summed E-state index contributed by atoms with van der Waals surface area (Å²) in [6.45, 7) is 19.9. The molecule has 1 aromatic carbocycles. The number of piperidine rings is 1. The third-order valence-electron chi connectivity index (χ3n) is 7.26. The number of hydrogen-bond donors (Lipinski definition) is 0. The van der Waals surface area contributed by atoms with Crippen LogP contribution in [-0.4, -0.2) is 38.5 Å². The topological polar surface area (TPSA) is 33.4 Å². The van der Waals surface area contributed by atoms with Crippen LogP contribution in [0.5, 0.6) is 0 Å². The summed E-state index contributed by atoms with van der Waals surface area (Å²) in [5.74, 6) is -2.70. The largest absolute Gasteiger partial charge is 0.370 e. The van der Waals surface area contributed by atoms with Crippen LogP contribution in [0.4, 0.5) is 8.78 Å². The Balaban J connectivity index is 0.00000195. The predicted octanol–water partition coefficient (Wildman–Crippen LogP) is 8.39. The molecule has 4 nitrogen and oxygen atoms in total. The minimum Gasteiger partial charge on any atom is -0.370 e. The molecule has 202 valence electrons. The quantitative estimate of drug-likeness (QED) is 0.295. The monoisotopic (exact) mass is 518 g/mol. The van der Waals surface area contributed by atoms with E-state index in [0.29, 0.717) is 13.1 Å². The maximum Gasteiger partial charge on any atom is 0.284 e. The van der Waals surface area contributed by atoms with Gasteiger partial charge in [-0.3, -0.25) is 0 Å². The van der Waals surface area contributed by atoms with Gasteiger partial charge in [0.25, 0.3) is 5.92 Å². The lowest BCUT2D eigenvalue weighted by Crippen LogP contribution is -2.38. The molecule has 0 atom stereocenters. The van der Waals surface area contributed by atoms with Gasteiger partial charge in [-0.15, -0.1) is 0 Å². The number of benzene rings is 1. The molecule has 0 N–H and O–H groups in total. The lowest BCUT2D eigenvalue weighted by Gasteiger charge is -2.36. The zero-order chi connectivity index (χ0) is 28.0. The Morgan fingerprint density at radius 2 is 1.71 bits per heavy atom. The van der Waals surface area contributed by atoms with Crippen LogP contribution in [0.15, 0.2) is 73.6 Å². The van der Waals surface area contributed by atoms with Crippen molar-refractivity contribution in [1.29, 1.82) is 0 Å². The normalized spacial score (nSPS) is 15.3. The number of nitrogens with zero attached hydrogens (tertiary/aromatic N) is 4. The molecule has 0 saturated carbocycles. The van der Waals surface area contributed by atoms with Gasteiger partial charge in [-0.1, -0.05) is 75.6 Å². The summed E-state index contributed by atoms with van der Waals surface area (Å²) < 4.78 is 29.4. The summed E-state index contributed by atoms with van der Waals surface area (Å²) in [5, 5.41) is 4.62. The zero-order valence-corrected chi connectivity index (χ0v) is 23.6. The van der Waals surface area contributed by atoms with E-state index in [-0.39, 0.29) is 11.6 Å². The van der Waals surface area contributed by atoms with Crippen LogP contribution in [-0.2, 0) is 0 Å². The summed E-state index contributed by atoms with van der Waals surface area (Å²) in [6.07, 6.45) is 9.32. The number of halogens is 2. The number of likely N-dealkylation sites (tertiary alicyclic amines) is 1. The van der Waals surface area contributed by atoms with E-state index in [1.165, 1.54) is 5.56 Å².